The van der Waals surface area contributed by atoms with Crippen molar-refractivity contribution in [1.29, 1.82) is 0 Å². The highest BCUT2D eigenvalue weighted by Crippen LogP contribution is 2.16. The summed E-state index contributed by atoms with van der Waals surface area (Å²) in [7, 11) is 6.32. The number of quaternary nitrogens is 2. The summed E-state index contributed by atoms with van der Waals surface area (Å²) >= 11 is 0. The highest BCUT2D eigenvalue weighted by molar-refractivity contribution is 5.76. The maximum Gasteiger partial charge on any atom is 0.222 e. The third-order valence-electron chi connectivity index (χ3n) is 9.13. The lowest BCUT2D eigenvalue weighted by Crippen LogP contribution is -2.57. The Hall–Kier alpha value is -2.44. The SMILES string of the molecule is COCCC(=O)NCCC[N+](CCN)(CCCNC(=O)CCOC)CCC[N+](CCN)(CCCNC(=O)CCOC)CCCNC(=O)CCOC. The van der Waals surface area contributed by atoms with Crippen molar-refractivity contribution in [3.63, 3.8) is 0 Å². The average molecular weight is 735 g/mol. The van der Waals surface area contributed by atoms with Gasteiger partial charge in [-0.15, -0.1) is 0 Å². The molecule has 0 aliphatic heterocycles. The maximum atomic E-state index is 12.2. The second-order valence-electron chi connectivity index (χ2n) is 13.2. The Morgan fingerprint density at radius 3 is 0.863 bits per heavy atom. The van der Waals surface area contributed by atoms with Crippen molar-refractivity contribution < 1.29 is 47.1 Å². The Balaban J connectivity index is 5.76. The third-order valence-corrected chi connectivity index (χ3v) is 9.13. The van der Waals surface area contributed by atoms with Gasteiger partial charge in [0.15, 0.2) is 0 Å². The van der Waals surface area contributed by atoms with E-state index in [1.807, 2.05) is 0 Å². The van der Waals surface area contributed by atoms with E-state index in [1.165, 1.54) is 0 Å². The van der Waals surface area contributed by atoms with Crippen molar-refractivity contribution in [2.75, 3.05) is 146 Å². The third kappa shape index (κ3) is 26.1. The molecule has 0 aromatic rings. The van der Waals surface area contributed by atoms with Gasteiger partial charge in [0.05, 0.1) is 78.8 Å². The zero-order valence-electron chi connectivity index (χ0n) is 32.4. The molecule has 0 heterocycles. The van der Waals surface area contributed by atoms with Crippen molar-refractivity contribution in [2.45, 2.75) is 57.8 Å². The number of methoxy groups -OCH3 is 4. The number of carbonyl (C=O) groups is 4. The van der Waals surface area contributed by atoms with E-state index in [2.05, 4.69) is 21.3 Å². The van der Waals surface area contributed by atoms with Crippen LogP contribution in [0.1, 0.15) is 57.8 Å². The number of nitrogens with two attached hydrogens (primary N) is 2. The number of amides is 4. The first kappa shape index (κ1) is 48.6. The first-order chi connectivity index (χ1) is 24.6. The topological polar surface area (TPSA) is 205 Å². The van der Waals surface area contributed by atoms with Gasteiger partial charge in [-0.25, -0.2) is 0 Å². The van der Waals surface area contributed by atoms with Crippen LogP contribution in [0.5, 0.6) is 0 Å². The molecular formula is C35H74N8O8+2. The molecule has 0 rings (SSSR count). The predicted octanol–water partition coefficient (Wildman–Crippen LogP) is -0.901. The van der Waals surface area contributed by atoms with Crippen LogP contribution in [0.2, 0.25) is 0 Å². The van der Waals surface area contributed by atoms with Gasteiger partial charge in [0.1, 0.15) is 0 Å². The van der Waals surface area contributed by atoms with Gasteiger partial charge in [-0.05, 0) is 0 Å². The highest BCUT2D eigenvalue weighted by Gasteiger charge is 2.31. The standard InChI is InChI=1S/C35H72N8O8/c1-48-28-10-32(44)38-16-5-20-42(26-14-36,21-6-17-39-33(45)11-29-49-2)24-9-25-43(27-15-37,22-7-18-40-34(46)12-30-50-3)23-8-19-41-35(47)13-31-51-4/h5-31,36-37H2,1-4H3,(H2-2,38,39,40,41,44,45,46,47)/p+2. The van der Waals surface area contributed by atoms with Crippen LogP contribution >= 0.6 is 0 Å². The number of rotatable bonds is 36. The Kier molecular flexibility index (Phi) is 30.7. The number of hydrogen-bond acceptors (Lipinski definition) is 10. The number of nitrogens with one attached hydrogen (secondary N) is 4. The molecule has 0 aromatic carbocycles. The molecule has 0 radical (unpaired) electrons. The Morgan fingerprint density at radius 2 is 0.647 bits per heavy atom. The summed E-state index contributed by atoms with van der Waals surface area (Å²) in [6, 6.07) is 0. The average Bonchev–Trinajstić information content (AvgIpc) is 3.12. The van der Waals surface area contributed by atoms with Gasteiger partial charge < -0.3 is 60.6 Å². The molecule has 0 bridgehead atoms. The summed E-state index contributed by atoms with van der Waals surface area (Å²) in [5.41, 5.74) is 12.4. The summed E-state index contributed by atoms with van der Waals surface area (Å²) < 4.78 is 21.7. The minimum absolute atomic E-state index is 0.0267. The van der Waals surface area contributed by atoms with Crippen molar-refractivity contribution in [1.82, 2.24) is 21.3 Å². The van der Waals surface area contributed by atoms with Crippen LogP contribution in [0.15, 0.2) is 0 Å². The number of nitrogens with zero attached hydrogens (tertiary/aromatic N) is 2. The fraction of sp³-hybridized carbons (Fsp3) is 0.886. The van der Waals surface area contributed by atoms with Crippen LogP contribution in [0, 0.1) is 0 Å². The largest absolute Gasteiger partial charge is 0.384 e. The van der Waals surface area contributed by atoms with Gasteiger partial charge in [-0.2, -0.15) is 0 Å². The zero-order valence-corrected chi connectivity index (χ0v) is 32.4. The van der Waals surface area contributed by atoms with Crippen LogP contribution in [-0.4, -0.2) is 179 Å². The van der Waals surface area contributed by atoms with E-state index < -0.39 is 0 Å². The van der Waals surface area contributed by atoms with Crippen LogP contribution in [-0.2, 0) is 38.1 Å². The first-order valence-corrected chi connectivity index (χ1v) is 18.8. The van der Waals surface area contributed by atoms with Gasteiger partial charge in [-0.1, -0.05) is 0 Å². The summed E-state index contributed by atoms with van der Waals surface area (Å²) in [5, 5.41) is 12.0. The summed E-state index contributed by atoms with van der Waals surface area (Å²) in [6.45, 7) is 11.6. The van der Waals surface area contributed by atoms with Crippen molar-refractivity contribution >= 4 is 23.6 Å². The molecule has 0 saturated heterocycles. The molecule has 0 saturated carbocycles. The Morgan fingerprint density at radius 1 is 0.412 bits per heavy atom. The van der Waals surface area contributed by atoms with Gasteiger partial charge in [0.2, 0.25) is 23.6 Å². The van der Waals surface area contributed by atoms with Crippen LogP contribution < -0.4 is 32.7 Å². The van der Waals surface area contributed by atoms with Crippen molar-refractivity contribution in [3.05, 3.63) is 0 Å². The van der Waals surface area contributed by atoms with Crippen molar-refractivity contribution in [3.8, 4) is 0 Å². The molecule has 0 unspecified atom stereocenters. The maximum absolute atomic E-state index is 12.2. The molecule has 0 atom stereocenters. The van der Waals surface area contributed by atoms with Crippen LogP contribution in [0.4, 0.5) is 0 Å². The monoisotopic (exact) mass is 735 g/mol. The summed E-state index contributed by atoms with van der Waals surface area (Å²) in [4.78, 5) is 48.8. The molecule has 300 valence electrons. The molecule has 51 heavy (non-hydrogen) atoms. The van der Waals surface area contributed by atoms with Gasteiger partial charge >= 0.3 is 0 Å². The van der Waals surface area contributed by atoms with Crippen LogP contribution in [0.3, 0.4) is 0 Å². The molecular weight excluding hydrogens is 660 g/mol. The number of carbonyl (C=O) groups excluding carboxylic acids is 4. The highest BCUT2D eigenvalue weighted by atomic mass is 16.5. The number of ether oxygens (including phenoxy) is 4. The van der Waals surface area contributed by atoms with Gasteiger partial charge in [-0.3, -0.25) is 19.2 Å². The number of hydrogen-bond donors (Lipinski definition) is 6. The summed E-state index contributed by atoms with van der Waals surface area (Å²) in [6.07, 6.45) is 5.43. The summed E-state index contributed by atoms with van der Waals surface area (Å²) in [5.74, 6) is -0.107. The van der Waals surface area contributed by atoms with E-state index in [0.29, 0.717) is 91.4 Å². The lowest BCUT2D eigenvalue weighted by atomic mass is 10.1. The van der Waals surface area contributed by atoms with Gasteiger partial charge in [0, 0.05) is 125 Å². The first-order valence-electron chi connectivity index (χ1n) is 18.8. The molecule has 0 spiro atoms. The molecule has 0 aliphatic rings. The van der Waals surface area contributed by atoms with Gasteiger partial charge in [0.25, 0.3) is 0 Å². The molecule has 0 fully saturated rings. The molecule has 0 aliphatic carbocycles. The fourth-order valence-corrected chi connectivity index (χ4v) is 6.33. The molecule has 0 aromatic heterocycles. The molecule has 16 heteroatoms. The lowest BCUT2D eigenvalue weighted by Gasteiger charge is -2.42. The van der Waals surface area contributed by atoms with E-state index in [4.69, 9.17) is 30.4 Å². The normalized spacial score (nSPS) is 11.7. The second-order valence-corrected chi connectivity index (χ2v) is 13.2. The van der Waals surface area contributed by atoms with E-state index in [-0.39, 0.29) is 23.6 Å². The van der Waals surface area contributed by atoms with E-state index in [9.17, 15) is 19.2 Å². The Labute approximate surface area is 307 Å². The zero-order chi connectivity index (χ0) is 38.1. The molecule has 16 nitrogen and oxygen atoms in total. The smallest absolute Gasteiger partial charge is 0.222 e. The Bertz CT molecular complexity index is 789. The molecule has 8 N–H and O–H groups in total. The van der Waals surface area contributed by atoms with Crippen molar-refractivity contribution in [2.24, 2.45) is 11.5 Å². The quantitative estimate of drug-likeness (QED) is 0.0346. The van der Waals surface area contributed by atoms with E-state index in [0.717, 1.165) is 93.4 Å². The molecule has 4 amide bonds. The lowest BCUT2D eigenvalue weighted by molar-refractivity contribution is -0.945. The minimum Gasteiger partial charge on any atom is -0.384 e. The minimum atomic E-state index is -0.0267. The van der Waals surface area contributed by atoms with Crippen LogP contribution in [0.25, 0.3) is 0 Å². The van der Waals surface area contributed by atoms with E-state index >= 15 is 0 Å². The second kappa shape index (κ2) is 32.2. The van der Waals surface area contributed by atoms with E-state index in [1.54, 1.807) is 28.4 Å². The predicted molar refractivity (Wildman–Crippen MR) is 199 cm³/mol. The fourth-order valence-electron chi connectivity index (χ4n) is 6.33.